The number of aromatic nitrogens is 2. The predicted octanol–water partition coefficient (Wildman–Crippen LogP) is 5.54. The van der Waals surface area contributed by atoms with Crippen LogP contribution in [0.3, 0.4) is 0 Å². The zero-order chi connectivity index (χ0) is 22.1. The van der Waals surface area contributed by atoms with Gasteiger partial charge >= 0.3 is 6.16 Å². The van der Waals surface area contributed by atoms with E-state index in [2.05, 4.69) is 24.3 Å². The Morgan fingerprint density at radius 3 is 2.44 bits per heavy atom. The third-order valence-corrected chi connectivity index (χ3v) is 6.10. The normalized spacial score (nSPS) is 14.7. The van der Waals surface area contributed by atoms with Crippen molar-refractivity contribution in [3.05, 3.63) is 78.5 Å². The quantitative estimate of drug-likeness (QED) is 0.423. The fraction of sp³-hybridized carbons (Fsp3) is 0.231. The van der Waals surface area contributed by atoms with Crippen LogP contribution in [0.2, 0.25) is 0 Å². The summed E-state index contributed by atoms with van der Waals surface area (Å²) in [5.41, 5.74) is 11.7. The van der Waals surface area contributed by atoms with Gasteiger partial charge in [0.1, 0.15) is 0 Å². The van der Waals surface area contributed by atoms with Gasteiger partial charge in [-0.05, 0) is 43.9 Å². The maximum Gasteiger partial charge on any atom is 0.513 e. The minimum atomic E-state index is -0.746. The zero-order valence-corrected chi connectivity index (χ0v) is 18.0. The Balaban J connectivity index is 1.65. The van der Waals surface area contributed by atoms with E-state index in [1.54, 1.807) is 13.0 Å². The molecular weight excluding hydrogens is 402 g/mol. The van der Waals surface area contributed by atoms with Gasteiger partial charge in [0, 0.05) is 22.9 Å². The number of ether oxygens (including phenoxy) is 2. The molecule has 162 valence electrons. The number of nitrogens with zero attached hydrogens (tertiary/aromatic N) is 2. The minimum Gasteiger partial charge on any atom is -0.434 e. The van der Waals surface area contributed by atoms with Crippen LogP contribution >= 0.6 is 0 Å². The van der Waals surface area contributed by atoms with Crippen LogP contribution in [0.25, 0.3) is 28.2 Å². The summed E-state index contributed by atoms with van der Waals surface area (Å²) in [6.07, 6.45) is 4.38. The molecule has 0 aliphatic heterocycles. The fourth-order valence-corrected chi connectivity index (χ4v) is 4.24. The summed E-state index contributed by atoms with van der Waals surface area (Å²) in [4.78, 5) is 16.9. The zero-order valence-electron chi connectivity index (χ0n) is 18.0. The van der Waals surface area contributed by atoms with Crippen molar-refractivity contribution in [2.24, 2.45) is 5.73 Å². The fourth-order valence-electron chi connectivity index (χ4n) is 4.24. The van der Waals surface area contributed by atoms with Crippen LogP contribution in [-0.4, -0.2) is 22.1 Å². The third kappa shape index (κ3) is 3.52. The van der Waals surface area contributed by atoms with Crippen LogP contribution in [0.4, 0.5) is 4.79 Å². The van der Waals surface area contributed by atoms with Crippen LogP contribution in [0, 0.1) is 0 Å². The second kappa shape index (κ2) is 8.13. The number of nitrogens with two attached hydrogens (primary N) is 1. The molecule has 2 N–H and O–H groups in total. The molecule has 0 radical (unpaired) electrons. The molecule has 2 aromatic carbocycles. The Bertz CT molecular complexity index is 1260. The third-order valence-electron chi connectivity index (χ3n) is 6.10. The molecule has 0 saturated heterocycles. The molecule has 2 aromatic heterocycles. The highest BCUT2D eigenvalue weighted by Gasteiger charge is 2.34. The number of pyridine rings is 1. The van der Waals surface area contributed by atoms with Gasteiger partial charge in [-0.15, -0.1) is 0 Å². The molecule has 0 atom stereocenters. The largest absolute Gasteiger partial charge is 0.513 e. The van der Waals surface area contributed by atoms with Crippen molar-refractivity contribution < 1.29 is 14.3 Å². The average Bonchev–Trinajstić information content (AvgIpc) is 3.19. The molecule has 0 bridgehead atoms. The Morgan fingerprint density at radius 2 is 1.78 bits per heavy atom. The molecule has 6 heteroatoms. The number of rotatable bonds is 5. The van der Waals surface area contributed by atoms with Gasteiger partial charge in [0.2, 0.25) is 0 Å². The van der Waals surface area contributed by atoms with E-state index in [1.165, 1.54) is 6.42 Å². The maximum absolute atomic E-state index is 12.0. The van der Waals surface area contributed by atoms with E-state index in [0.717, 1.165) is 40.9 Å². The van der Waals surface area contributed by atoms with E-state index in [4.69, 9.17) is 20.2 Å². The summed E-state index contributed by atoms with van der Waals surface area (Å²) in [5, 5.41) is 0. The molecular formula is C26H25N3O3. The van der Waals surface area contributed by atoms with Gasteiger partial charge in [-0.3, -0.25) is 4.40 Å². The first-order chi connectivity index (χ1) is 15.6. The Morgan fingerprint density at radius 1 is 1.03 bits per heavy atom. The molecule has 2 heterocycles. The highest BCUT2D eigenvalue weighted by Crippen LogP contribution is 2.40. The van der Waals surface area contributed by atoms with Crippen molar-refractivity contribution in [1.29, 1.82) is 0 Å². The lowest BCUT2D eigenvalue weighted by Gasteiger charge is -2.38. The first-order valence-electron chi connectivity index (χ1n) is 10.9. The molecule has 32 heavy (non-hydrogen) atoms. The molecule has 1 saturated carbocycles. The van der Waals surface area contributed by atoms with Gasteiger partial charge in [-0.2, -0.15) is 0 Å². The van der Waals surface area contributed by atoms with Gasteiger partial charge in [0.25, 0.3) is 0 Å². The highest BCUT2D eigenvalue weighted by molar-refractivity contribution is 5.84. The van der Waals surface area contributed by atoms with Crippen molar-refractivity contribution in [3.63, 3.8) is 0 Å². The maximum atomic E-state index is 12.0. The SMILES string of the molecule is CCOC(=O)Oc1cccn2c(-c3ccccc3)c(-c3ccc(C4(N)CCC4)cc3)nc12. The van der Waals surface area contributed by atoms with Crippen LogP contribution in [0.5, 0.6) is 5.75 Å². The van der Waals surface area contributed by atoms with Crippen molar-refractivity contribution in [1.82, 2.24) is 9.38 Å². The molecule has 0 amide bonds. The molecule has 5 rings (SSSR count). The molecule has 1 fully saturated rings. The Kier molecular flexibility index (Phi) is 5.15. The lowest BCUT2D eigenvalue weighted by molar-refractivity contribution is 0.104. The summed E-state index contributed by atoms with van der Waals surface area (Å²) in [6.45, 7) is 1.98. The van der Waals surface area contributed by atoms with Crippen LogP contribution < -0.4 is 10.5 Å². The summed E-state index contributed by atoms with van der Waals surface area (Å²) >= 11 is 0. The number of carbonyl (C=O) groups is 1. The van der Waals surface area contributed by atoms with Gasteiger partial charge in [-0.25, -0.2) is 9.78 Å². The first-order valence-corrected chi connectivity index (χ1v) is 10.9. The molecule has 0 spiro atoms. The molecule has 6 nitrogen and oxygen atoms in total. The van der Waals surface area contributed by atoms with Crippen LogP contribution in [-0.2, 0) is 10.3 Å². The minimum absolute atomic E-state index is 0.208. The summed E-state index contributed by atoms with van der Waals surface area (Å²) < 4.78 is 12.3. The molecule has 1 aliphatic rings. The Hall–Kier alpha value is -3.64. The first kappa shape index (κ1) is 20.3. The van der Waals surface area contributed by atoms with Gasteiger partial charge in [0.15, 0.2) is 11.4 Å². The van der Waals surface area contributed by atoms with E-state index >= 15 is 0 Å². The lowest BCUT2D eigenvalue weighted by atomic mass is 9.72. The van der Waals surface area contributed by atoms with Crippen molar-refractivity contribution in [2.45, 2.75) is 31.7 Å². The standard InChI is InChI=1S/C26H25N3O3/c1-2-31-25(30)32-21-10-6-17-29-23(19-8-4-3-5-9-19)22(28-24(21)29)18-11-13-20(14-12-18)26(27)15-7-16-26/h3-6,8-14,17H,2,7,15-16,27H2,1H3. The van der Waals surface area contributed by atoms with Gasteiger partial charge in [0.05, 0.1) is 18.0 Å². The topological polar surface area (TPSA) is 78.8 Å². The number of hydrogen-bond donors (Lipinski definition) is 1. The number of benzene rings is 2. The van der Waals surface area contributed by atoms with Gasteiger partial charge in [-0.1, -0.05) is 54.6 Å². The Labute approximate surface area is 186 Å². The van der Waals surface area contributed by atoms with Crippen molar-refractivity contribution in [3.8, 4) is 28.3 Å². The van der Waals surface area contributed by atoms with E-state index in [1.807, 2.05) is 47.0 Å². The number of hydrogen-bond acceptors (Lipinski definition) is 5. The second-order valence-corrected chi connectivity index (χ2v) is 8.11. The van der Waals surface area contributed by atoms with E-state index in [0.29, 0.717) is 11.4 Å². The van der Waals surface area contributed by atoms with Crippen molar-refractivity contribution >= 4 is 11.8 Å². The second-order valence-electron chi connectivity index (χ2n) is 8.11. The predicted molar refractivity (Wildman–Crippen MR) is 123 cm³/mol. The van der Waals surface area contributed by atoms with Crippen LogP contribution in [0.15, 0.2) is 72.9 Å². The summed E-state index contributed by atoms with van der Waals surface area (Å²) in [5.74, 6) is 0.349. The monoisotopic (exact) mass is 427 g/mol. The lowest BCUT2D eigenvalue weighted by Crippen LogP contribution is -2.43. The highest BCUT2D eigenvalue weighted by atomic mass is 16.7. The smallest absolute Gasteiger partial charge is 0.434 e. The van der Waals surface area contributed by atoms with E-state index in [9.17, 15) is 4.79 Å². The number of imidazole rings is 1. The average molecular weight is 428 g/mol. The molecule has 0 unspecified atom stereocenters. The summed E-state index contributed by atoms with van der Waals surface area (Å²) in [7, 11) is 0. The van der Waals surface area contributed by atoms with E-state index in [-0.39, 0.29) is 12.1 Å². The molecule has 4 aromatic rings. The van der Waals surface area contributed by atoms with Gasteiger partial charge < -0.3 is 15.2 Å². The number of fused-ring (bicyclic) bond motifs is 1. The number of carbonyl (C=O) groups excluding carboxylic acids is 1. The van der Waals surface area contributed by atoms with Crippen LogP contribution in [0.1, 0.15) is 31.7 Å². The van der Waals surface area contributed by atoms with Crippen molar-refractivity contribution in [2.75, 3.05) is 6.61 Å². The summed E-state index contributed by atoms with van der Waals surface area (Å²) in [6, 6.07) is 22.0. The molecule has 1 aliphatic carbocycles. The van der Waals surface area contributed by atoms with E-state index < -0.39 is 6.16 Å².